The molecule has 0 fully saturated rings. The second-order valence-corrected chi connectivity index (χ2v) is 3.17. The second kappa shape index (κ2) is 2.66. The lowest BCUT2D eigenvalue weighted by Crippen LogP contribution is -2.44. The van der Waals surface area contributed by atoms with Crippen molar-refractivity contribution in [3.63, 3.8) is 0 Å². The Morgan fingerprint density at radius 1 is 1.67 bits per heavy atom. The smallest absolute Gasteiger partial charge is 0.202 e. The highest BCUT2D eigenvalue weighted by molar-refractivity contribution is 5.85. The first-order valence-corrected chi connectivity index (χ1v) is 4.23. The number of allylic oxidation sites excluding steroid dienone is 1. The third-order valence-electron chi connectivity index (χ3n) is 2.18. The first-order valence-electron chi connectivity index (χ1n) is 4.23. The summed E-state index contributed by atoms with van der Waals surface area (Å²) in [5.74, 6) is 0.955. The molecule has 0 radical (unpaired) electrons. The van der Waals surface area contributed by atoms with Gasteiger partial charge < -0.3 is 10.2 Å². The van der Waals surface area contributed by atoms with Crippen LogP contribution in [0.15, 0.2) is 29.0 Å². The molecule has 12 heavy (non-hydrogen) atoms. The van der Waals surface area contributed by atoms with Gasteiger partial charge >= 0.3 is 0 Å². The van der Waals surface area contributed by atoms with Gasteiger partial charge in [0.25, 0.3) is 0 Å². The van der Waals surface area contributed by atoms with Crippen LogP contribution in [0.5, 0.6) is 0 Å². The molecule has 2 heterocycles. The fourth-order valence-electron chi connectivity index (χ4n) is 1.40. The number of hydrogen-bond acceptors (Lipinski definition) is 3. The Kier molecular flexibility index (Phi) is 1.64. The maximum Gasteiger partial charge on any atom is 0.202 e. The lowest BCUT2D eigenvalue weighted by atomic mass is 10.2. The average Bonchev–Trinajstić information content (AvgIpc) is 2.07. The summed E-state index contributed by atoms with van der Waals surface area (Å²) in [5, 5.41) is 3.18. The molecule has 0 saturated heterocycles. The van der Waals surface area contributed by atoms with E-state index in [0.717, 1.165) is 31.2 Å². The van der Waals surface area contributed by atoms with Crippen LogP contribution >= 0.6 is 0 Å². The Labute approximate surface area is 72.5 Å². The van der Waals surface area contributed by atoms with Gasteiger partial charge in [0.15, 0.2) is 0 Å². The van der Waals surface area contributed by atoms with Crippen molar-refractivity contribution in [2.75, 3.05) is 13.1 Å². The van der Waals surface area contributed by atoms with Crippen LogP contribution in [0.2, 0.25) is 0 Å². The topological polar surface area (TPSA) is 27.6 Å². The zero-order chi connectivity index (χ0) is 8.55. The van der Waals surface area contributed by atoms with Crippen LogP contribution in [0.4, 0.5) is 0 Å². The van der Waals surface area contributed by atoms with E-state index in [-0.39, 0.29) is 0 Å². The fourth-order valence-corrected chi connectivity index (χ4v) is 1.40. The van der Waals surface area contributed by atoms with Gasteiger partial charge in [-0.1, -0.05) is 6.58 Å². The van der Waals surface area contributed by atoms with Gasteiger partial charge in [-0.3, -0.25) is 4.99 Å². The van der Waals surface area contributed by atoms with E-state index in [1.165, 1.54) is 5.57 Å². The van der Waals surface area contributed by atoms with Crippen molar-refractivity contribution in [2.45, 2.75) is 13.3 Å². The average molecular weight is 163 g/mol. The summed E-state index contributed by atoms with van der Waals surface area (Å²) >= 11 is 0. The fraction of sp³-hybridized carbons (Fsp3) is 0.444. The van der Waals surface area contributed by atoms with E-state index in [1.807, 2.05) is 0 Å². The number of hydrogen-bond donors (Lipinski definition) is 1. The van der Waals surface area contributed by atoms with Gasteiger partial charge in [0.2, 0.25) is 5.96 Å². The number of guanidine groups is 1. The molecule has 0 aromatic carbocycles. The molecule has 0 aliphatic carbocycles. The summed E-state index contributed by atoms with van der Waals surface area (Å²) in [7, 11) is 0. The summed E-state index contributed by atoms with van der Waals surface area (Å²) in [4.78, 5) is 6.51. The molecule has 3 nitrogen and oxygen atoms in total. The van der Waals surface area contributed by atoms with Gasteiger partial charge in [0.05, 0.1) is 0 Å². The van der Waals surface area contributed by atoms with E-state index >= 15 is 0 Å². The lowest BCUT2D eigenvalue weighted by Gasteiger charge is -2.31. The zero-order valence-corrected chi connectivity index (χ0v) is 7.30. The minimum absolute atomic E-state index is 0.930. The molecule has 2 rings (SSSR count). The summed E-state index contributed by atoms with van der Waals surface area (Å²) in [6, 6.07) is 0. The van der Waals surface area contributed by atoms with Crippen LogP contribution in [-0.4, -0.2) is 23.9 Å². The van der Waals surface area contributed by atoms with Crippen molar-refractivity contribution >= 4 is 5.96 Å². The van der Waals surface area contributed by atoms with Gasteiger partial charge in [0, 0.05) is 25.0 Å². The Hall–Kier alpha value is -1.25. The van der Waals surface area contributed by atoms with Gasteiger partial charge in [-0.25, -0.2) is 0 Å². The van der Waals surface area contributed by atoms with E-state index in [0.29, 0.717) is 0 Å². The molecule has 0 aromatic rings. The highest BCUT2D eigenvalue weighted by atomic mass is 15.3. The van der Waals surface area contributed by atoms with Gasteiger partial charge in [-0.15, -0.1) is 0 Å². The van der Waals surface area contributed by atoms with E-state index in [4.69, 9.17) is 0 Å². The van der Waals surface area contributed by atoms with Gasteiger partial charge in [0.1, 0.15) is 0 Å². The minimum Gasteiger partial charge on any atom is -0.326 e. The number of aliphatic imine (C=N–C) groups is 1. The van der Waals surface area contributed by atoms with Crippen LogP contribution in [0.25, 0.3) is 0 Å². The molecule has 0 unspecified atom stereocenters. The zero-order valence-electron chi connectivity index (χ0n) is 7.30. The van der Waals surface area contributed by atoms with E-state index in [2.05, 4.69) is 34.9 Å². The molecule has 2 aliphatic rings. The number of nitrogens with zero attached hydrogens (tertiary/aromatic N) is 2. The molecule has 0 amide bonds. The SMILES string of the molecule is C=C1NC2=NCCCN2C=C1C. The van der Waals surface area contributed by atoms with Crippen molar-refractivity contribution in [1.29, 1.82) is 0 Å². The maximum absolute atomic E-state index is 4.36. The normalized spacial score (nSPS) is 22.4. The molecule has 0 saturated carbocycles. The van der Waals surface area contributed by atoms with Crippen molar-refractivity contribution in [3.8, 4) is 0 Å². The summed E-state index contributed by atoms with van der Waals surface area (Å²) in [6.45, 7) is 7.95. The molecule has 1 N–H and O–H groups in total. The first-order chi connectivity index (χ1) is 5.77. The van der Waals surface area contributed by atoms with Crippen molar-refractivity contribution in [3.05, 3.63) is 24.0 Å². The standard InChI is InChI=1S/C9H13N3/c1-7-6-12-5-3-4-10-9(12)11-8(7)2/h6H,2-5H2,1H3,(H,10,11). The summed E-state index contributed by atoms with van der Waals surface area (Å²) < 4.78 is 0. The maximum atomic E-state index is 4.36. The Bertz CT molecular complexity index is 275. The van der Waals surface area contributed by atoms with Crippen LogP contribution in [0.3, 0.4) is 0 Å². The third-order valence-corrected chi connectivity index (χ3v) is 2.18. The molecule has 2 aliphatic heterocycles. The van der Waals surface area contributed by atoms with Crippen molar-refractivity contribution < 1.29 is 0 Å². The highest BCUT2D eigenvalue weighted by Gasteiger charge is 2.18. The predicted octanol–water partition coefficient (Wildman–Crippen LogP) is 1.07. The molecule has 64 valence electrons. The number of rotatable bonds is 0. The molecule has 0 atom stereocenters. The molecule has 0 bridgehead atoms. The summed E-state index contributed by atoms with van der Waals surface area (Å²) in [6.07, 6.45) is 3.25. The summed E-state index contributed by atoms with van der Waals surface area (Å²) in [5.41, 5.74) is 2.16. The molecular formula is C9H13N3. The van der Waals surface area contributed by atoms with Crippen LogP contribution in [0, 0.1) is 0 Å². The van der Waals surface area contributed by atoms with Crippen molar-refractivity contribution in [2.24, 2.45) is 4.99 Å². The van der Waals surface area contributed by atoms with Crippen LogP contribution < -0.4 is 5.32 Å². The van der Waals surface area contributed by atoms with Gasteiger partial charge in [-0.2, -0.15) is 0 Å². The number of fused-ring (bicyclic) bond motifs is 1. The Balaban J connectivity index is 2.30. The molecule has 3 heteroatoms. The lowest BCUT2D eigenvalue weighted by molar-refractivity contribution is 0.480. The third kappa shape index (κ3) is 1.11. The van der Waals surface area contributed by atoms with E-state index in [1.54, 1.807) is 0 Å². The largest absolute Gasteiger partial charge is 0.326 e. The minimum atomic E-state index is 0.930. The number of nitrogens with one attached hydrogen (secondary N) is 1. The Morgan fingerprint density at radius 2 is 2.50 bits per heavy atom. The first kappa shape index (κ1) is 7.40. The van der Waals surface area contributed by atoms with E-state index < -0.39 is 0 Å². The van der Waals surface area contributed by atoms with E-state index in [9.17, 15) is 0 Å². The second-order valence-electron chi connectivity index (χ2n) is 3.17. The van der Waals surface area contributed by atoms with Gasteiger partial charge in [-0.05, 0) is 18.9 Å². The highest BCUT2D eigenvalue weighted by Crippen LogP contribution is 2.14. The predicted molar refractivity (Wildman–Crippen MR) is 49.7 cm³/mol. The quantitative estimate of drug-likeness (QED) is 0.578. The van der Waals surface area contributed by atoms with Crippen LogP contribution in [-0.2, 0) is 0 Å². The monoisotopic (exact) mass is 163 g/mol. The molecule has 0 aromatic heterocycles. The van der Waals surface area contributed by atoms with Crippen molar-refractivity contribution in [1.82, 2.24) is 10.2 Å². The molecular weight excluding hydrogens is 150 g/mol. The molecule has 0 spiro atoms. The van der Waals surface area contributed by atoms with Crippen LogP contribution in [0.1, 0.15) is 13.3 Å². The Morgan fingerprint density at radius 3 is 3.33 bits per heavy atom.